The van der Waals surface area contributed by atoms with Crippen LogP contribution in [0.5, 0.6) is 5.75 Å². The minimum Gasteiger partial charge on any atom is -0.466 e. The quantitative estimate of drug-likeness (QED) is 0.673. The zero-order valence-electron chi connectivity index (χ0n) is 14.1. The van der Waals surface area contributed by atoms with Gasteiger partial charge < -0.3 is 14.8 Å². The Hall–Kier alpha value is -2.48. The fourth-order valence-electron chi connectivity index (χ4n) is 2.35. The van der Waals surface area contributed by atoms with Crippen molar-refractivity contribution in [3.05, 3.63) is 52.2 Å². The van der Waals surface area contributed by atoms with Crippen LogP contribution in [0.4, 0.5) is 8.78 Å². The van der Waals surface area contributed by atoms with Crippen LogP contribution in [0.1, 0.15) is 22.2 Å². The van der Waals surface area contributed by atoms with E-state index in [9.17, 15) is 18.4 Å². The number of hydrogen-bond donors (Lipinski definition) is 1. The van der Waals surface area contributed by atoms with Crippen molar-refractivity contribution < 1.29 is 27.8 Å². The number of alkyl halides is 2. The van der Waals surface area contributed by atoms with Gasteiger partial charge in [0.25, 0.3) is 5.91 Å². The Morgan fingerprint density at radius 2 is 1.92 bits per heavy atom. The molecule has 2 aromatic rings. The second-order valence-electron chi connectivity index (χ2n) is 5.34. The summed E-state index contributed by atoms with van der Waals surface area (Å²) < 4.78 is 34.1. The first-order chi connectivity index (χ1) is 12.5. The van der Waals surface area contributed by atoms with Crippen LogP contribution < -0.4 is 10.1 Å². The molecule has 0 saturated carbocycles. The van der Waals surface area contributed by atoms with Gasteiger partial charge in [-0.3, -0.25) is 9.59 Å². The lowest BCUT2D eigenvalue weighted by Gasteiger charge is -2.16. The number of benzene rings is 1. The summed E-state index contributed by atoms with van der Waals surface area (Å²) in [6.07, 6.45) is 0.394. The number of nitrogens with one attached hydrogen (secondary N) is 1. The third-order valence-electron chi connectivity index (χ3n) is 3.51. The highest BCUT2D eigenvalue weighted by Crippen LogP contribution is 2.26. The number of rotatable bonds is 9. The van der Waals surface area contributed by atoms with E-state index in [0.717, 1.165) is 16.9 Å². The van der Waals surface area contributed by atoms with E-state index in [0.29, 0.717) is 6.42 Å². The molecule has 26 heavy (non-hydrogen) atoms. The van der Waals surface area contributed by atoms with Crippen molar-refractivity contribution in [2.75, 3.05) is 13.2 Å². The Morgan fingerprint density at radius 1 is 1.19 bits per heavy atom. The third-order valence-corrected chi connectivity index (χ3v) is 4.40. The first-order valence-electron chi connectivity index (χ1n) is 8.02. The summed E-state index contributed by atoms with van der Waals surface area (Å²) in [4.78, 5) is 24.5. The molecule has 0 radical (unpaired) electrons. The lowest BCUT2D eigenvalue weighted by atomic mass is 9.99. The van der Waals surface area contributed by atoms with Crippen molar-refractivity contribution >= 4 is 23.2 Å². The molecule has 1 aromatic carbocycles. The van der Waals surface area contributed by atoms with Gasteiger partial charge in [-0.05, 0) is 30.4 Å². The van der Waals surface area contributed by atoms with E-state index >= 15 is 0 Å². The van der Waals surface area contributed by atoms with Gasteiger partial charge in [-0.25, -0.2) is 0 Å². The molecule has 0 aliphatic rings. The van der Waals surface area contributed by atoms with Gasteiger partial charge in [-0.15, -0.1) is 11.3 Å². The van der Waals surface area contributed by atoms with E-state index in [2.05, 4.69) is 10.1 Å². The molecule has 1 amide bonds. The molecule has 1 atom stereocenters. The summed E-state index contributed by atoms with van der Waals surface area (Å²) in [5.74, 6) is -1.76. The van der Waals surface area contributed by atoms with Crippen molar-refractivity contribution in [1.29, 1.82) is 0 Å². The second kappa shape index (κ2) is 9.86. The Balaban J connectivity index is 2.03. The van der Waals surface area contributed by atoms with E-state index in [1.807, 2.05) is 30.3 Å². The van der Waals surface area contributed by atoms with Crippen molar-refractivity contribution in [1.82, 2.24) is 5.32 Å². The highest BCUT2D eigenvalue weighted by molar-refractivity contribution is 7.12. The van der Waals surface area contributed by atoms with E-state index in [4.69, 9.17) is 4.74 Å². The summed E-state index contributed by atoms with van der Waals surface area (Å²) in [6.45, 7) is -1.05. The number of carbonyl (C=O) groups is 2. The van der Waals surface area contributed by atoms with Crippen molar-refractivity contribution in [2.24, 2.45) is 5.92 Å². The fraction of sp³-hybridized carbons (Fsp3) is 0.333. The molecule has 140 valence electrons. The molecule has 0 bridgehead atoms. The van der Waals surface area contributed by atoms with Crippen LogP contribution in [0.2, 0.25) is 0 Å². The molecule has 8 heteroatoms. The second-order valence-corrected chi connectivity index (χ2v) is 6.26. The molecule has 1 unspecified atom stereocenters. The van der Waals surface area contributed by atoms with Gasteiger partial charge in [0.05, 0.1) is 12.5 Å². The maximum atomic E-state index is 12.4. The van der Waals surface area contributed by atoms with E-state index in [1.165, 1.54) is 11.4 Å². The maximum Gasteiger partial charge on any atom is 0.387 e. The first kappa shape index (κ1) is 19.8. The van der Waals surface area contributed by atoms with Gasteiger partial charge in [-0.2, -0.15) is 8.78 Å². The van der Waals surface area contributed by atoms with E-state index in [-0.39, 0.29) is 23.8 Å². The van der Waals surface area contributed by atoms with Gasteiger partial charge in [0.15, 0.2) is 0 Å². The number of halogens is 2. The number of hydrogen-bond acceptors (Lipinski definition) is 5. The normalized spacial score (nSPS) is 11.8. The van der Waals surface area contributed by atoms with Crippen molar-refractivity contribution in [2.45, 2.75) is 20.0 Å². The third kappa shape index (κ3) is 5.80. The molecule has 0 spiro atoms. The van der Waals surface area contributed by atoms with E-state index < -0.39 is 24.4 Å². The maximum absolute atomic E-state index is 12.4. The summed E-state index contributed by atoms with van der Waals surface area (Å²) in [5.41, 5.74) is 0.928. The molecule has 2 rings (SSSR count). The lowest BCUT2D eigenvalue weighted by molar-refractivity contribution is -0.147. The van der Waals surface area contributed by atoms with Crippen molar-refractivity contribution in [3.63, 3.8) is 0 Å². The molecular weight excluding hydrogens is 364 g/mol. The van der Waals surface area contributed by atoms with Crippen LogP contribution >= 0.6 is 11.3 Å². The SMILES string of the molecule is CCOC(=O)C(CNC(=O)c1sccc1OC(F)F)Cc1ccccc1. The molecule has 1 N–H and O–H groups in total. The Labute approximate surface area is 153 Å². The van der Waals surface area contributed by atoms with Crippen molar-refractivity contribution in [3.8, 4) is 5.75 Å². The van der Waals surface area contributed by atoms with E-state index in [1.54, 1.807) is 6.92 Å². The Bertz CT molecular complexity index is 721. The minimum atomic E-state index is -3.01. The standard InChI is InChI=1S/C18H19F2NO4S/c1-2-24-17(23)13(10-12-6-4-3-5-7-12)11-21-16(22)15-14(8-9-26-15)25-18(19)20/h3-9,13,18H,2,10-11H2,1H3,(H,21,22). The molecule has 5 nitrogen and oxygen atoms in total. The molecule has 1 aromatic heterocycles. The minimum absolute atomic E-state index is 0.0264. The average molecular weight is 383 g/mol. The van der Waals surface area contributed by atoms with Crippen LogP contribution in [0.25, 0.3) is 0 Å². The molecule has 1 heterocycles. The first-order valence-corrected chi connectivity index (χ1v) is 8.90. The van der Waals surface area contributed by atoms with Crippen LogP contribution in [-0.4, -0.2) is 31.6 Å². The largest absolute Gasteiger partial charge is 0.466 e. The fourth-order valence-corrected chi connectivity index (χ4v) is 3.08. The number of ether oxygens (including phenoxy) is 2. The molecule has 0 aliphatic heterocycles. The van der Waals surface area contributed by atoms with Crippen LogP contribution in [-0.2, 0) is 16.0 Å². The number of esters is 1. The van der Waals surface area contributed by atoms with Crippen LogP contribution in [0.3, 0.4) is 0 Å². The van der Waals surface area contributed by atoms with Gasteiger partial charge in [-0.1, -0.05) is 30.3 Å². The molecule has 0 aliphatic carbocycles. The highest BCUT2D eigenvalue weighted by Gasteiger charge is 2.23. The number of carbonyl (C=O) groups excluding carboxylic acids is 2. The summed E-state index contributed by atoms with van der Waals surface area (Å²) in [6, 6.07) is 10.6. The molecule has 0 fully saturated rings. The summed E-state index contributed by atoms with van der Waals surface area (Å²) in [7, 11) is 0. The average Bonchev–Trinajstić information content (AvgIpc) is 3.06. The smallest absolute Gasteiger partial charge is 0.387 e. The molecule has 0 saturated heterocycles. The summed E-state index contributed by atoms with van der Waals surface area (Å²) in [5, 5.41) is 4.09. The monoisotopic (exact) mass is 383 g/mol. The topological polar surface area (TPSA) is 64.6 Å². The molecular formula is C18H19F2NO4S. The predicted octanol–water partition coefficient (Wildman–Crippen LogP) is 3.50. The van der Waals surface area contributed by atoms with Crippen LogP contribution in [0, 0.1) is 5.92 Å². The van der Waals surface area contributed by atoms with Gasteiger partial charge in [0, 0.05) is 6.54 Å². The number of amides is 1. The zero-order chi connectivity index (χ0) is 18.9. The summed E-state index contributed by atoms with van der Waals surface area (Å²) >= 11 is 0.987. The zero-order valence-corrected chi connectivity index (χ0v) is 14.9. The highest BCUT2D eigenvalue weighted by atomic mass is 32.1. The van der Waals surface area contributed by atoms with Gasteiger partial charge in [0.2, 0.25) is 0 Å². The van der Waals surface area contributed by atoms with Crippen LogP contribution in [0.15, 0.2) is 41.8 Å². The van der Waals surface area contributed by atoms with Gasteiger partial charge in [0.1, 0.15) is 10.6 Å². The Morgan fingerprint density at radius 3 is 2.58 bits per heavy atom. The lowest BCUT2D eigenvalue weighted by Crippen LogP contribution is -2.35. The Kier molecular flexibility index (Phi) is 7.53. The number of thiophene rings is 1. The van der Waals surface area contributed by atoms with Gasteiger partial charge >= 0.3 is 12.6 Å². The predicted molar refractivity (Wildman–Crippen MR) is 93.6 cm³/mol.